The molecular weight excluding hydrogens is 388 g/mol. The van der Waals surface area contributed by atoms with Gasteiger partial charge < -0.3 is 19.2 Å². The Morgan fingerprint density at radius 3 is 2.52 bits per heavy atom. The quantitative estimate of drug-likeness (QED) is 0.633. The highest BCUT2D eigenvalue weighted by Gasteiger charge is 2.16. The highest BCUT2D eigenvalue weighted by molar-refractivity contribution is 5.95. The van der Waals surface area contributed by atoms with Gasteiger partial charge in [0.1, 0.15) is 11.3 Å². The number of fused-ring (bicyclic) bond motifs is 1. The molecule has 3 rings (SSSR count). The van der Waals surface area contributed by atoms with E-state index in [1.165, 1.54) is 24.3 Å². The summed E-state index contributed by atoms with van der Waals surface area (Å²) in [5.41, 5.74) is 0.980. The van der Waals surface area contributed by atoms with Gasteiger partial charge in [0.15, 0.2) is 12.0 Å². The molecule has 1 aromatic heterocycles. The molecule has 0 unspecified atom stereocenters. The van der Waals surface area contributed by atoms with Gasteiger partial charge in [0.25, 0.3) is 5.91 Å². The number of aryl methyl sites for hydroxylation is 1. The van der Waals surface area contributed by atoms with Gasteiger partial charge >= 0.3 is 12.6 Å². The van der Waals surface area contributed by atoms with Crippen LogP contribution in [0.4, 0.5) is 14.5 Å². The van der Waals surface area contributed by atoms with Gasteiger partial charge in [-0.05, 0) is 43.3 Å². The molecule has 0 aliphatic carbocycles. The number of carbonyl (C=O) groups excluding carboxylic acids is 2. The molecule has 0 aliphatic rings. The molecule has 2 aromatic carbocycles. The largest absolute Gasteiger partial charge is 0.450 e. The molecule has 0 aliphatic heterocycles. The fourth-order valence-electron chi connectivity index (χ4n) is 2.49. The lowest BCUT2D eigenvalue weighted by atomic mass is 10.1. The van der Waals surface area contributed by atoms with Crippen molar-refractivity contribution in [2.75, 3.05) is 11.9 Å². The lowest BCUT2D eigenvalue weighted by Crippen LogP contribution is -2.21. The van der Waals surface area contributed by atoms with Crippen LogP contribution in [0.5, 0.6) is 5.75 Å². The summed E-state index contributed by atoms with van der Waals surface area (Å²) in [7, 11) is 0. The first-order chi connectivity index (χ1) is 13.8. The number of carbonyl (C=O) groups is 2. The molecule has 7 nitrogen and oxygen atoms in total. The minimum Gasteiger partial charge on any atom is -0.450 e. The summed E-state index contributed by atoms with van der Waals surface area (Å²) < 4.78 is 38.6. The molecule has 0 fully saturated rings. The third kappa shape index (κ3) is 5.16. The van der Waals surface area contributed by atoms with Crippen molar-refractivity contribution in [3.8, 4) is 5.75 Å². The van der Waals surface area contributed by atoms with Crippen molar-refractivity contribution in [1.82, 2.24) is 0 Å². The number of amides is 1. The first-order valence-electron chi connectivity index (χ1n) is 8.38. The molecule has 0 bridgehead atoms. The Morgan fingerprint density at radius 2 is 1.83 bits per heavy atom. The number of halogens is 2. The molecule has 1 N–H and O–H groups in total. The highest BCUT2D eigenvalue weighted by atomic mass is 19.3. The van der Waals surface area contributed by atoms with Crippen LogP contribution in [-0.4, -0.2) is 25.1 Å². The normalized spacial score (nSPS) is 10.8. The van der Waals surface area contributed by atoms with Crippen LogP contribution in [-0.2, 0) is 9.53 Å². The van der Waals surface area contributed by atoms with E-state index in [4.69, 9.17) is 9.15 Å². The van der Waals surface area contributed by atoms with Crippen molar-refractivity contribution in [1.29, 1.82) is 0 Å². The lowest BCUT2D eigenvalue weighted by Gasteiger charge is -2.08. The molecule has 0 atom stereocenters. The zero-order valence-electron chi connectivity index (χ0n) is 15.1. The summed E-state index contributed by atoms with van der Waals surface area (Å²) in [4.78, 5) is 36.1. The molecule has 150 valence electrons. The van der Waals surface area contributed by atoms with E-state index >= 15 is 0 Å². The summed E-state index contributed by atoms with van der Waals surface area (Å²) in [5.74, 6) is -2.03. The fourth-order valence-corrected chi connectivity index (χ4v) is 2.49. The van der Waals surface area contributed by atoms with Crippen LogP contribution in [0.1, 0.15) is 16.1 Å². The van der Waals surface area contributed by atoms with Crippen molar-refractivity contribution in [2.24, 2.45) is 0 Å². The maximum Gasteiger partial charge on any atom is 0.387 e. The van der Waals surface area contributed by atoms with Gasteiger partial charge in [0, 0.05) is 11.8 Å². The van der Waals surface area contributed by atoms with Gasteiger partial charge in [-0.2, -0.15) is 8.78 Å². The van der Waals surface area contributed by atoms with E-state index in [0.29, 0.717) is 11.1 Å². The first kappa shape index (κ1) is 20.0. The van der Waals surface area contributed by atoms with Gasteiger partial charge in [0.05, 0.1) is 5.39 Å². The van der Waals surface area contributed by atoms with Crippen molar-refractivity contribution < 1.29 is 32.3 Å². The SMILES string of the molecule is Cc1ccc2oc(C(=O)OCC(=O)Nc3ccc(OC(F)F)cc3)cc(=O)c2c1. The molecule has 0 spiro atoms. The molecule has 0 saturated carbocycles. The van der Waals surface area contributed by atoms with Gasteiger partial charge in [-0.15, -0.1) is 0 Å². The minimum absolute atomic E-state index is 0.0639. The highest BCUT2D eigenvalue weighted by Crippen LogP contribution is 2.18. The first-order valence-corrected chi connectivity index (χ1v) is 8.38. The Kier molecular flexibility index (Phi) is 5.87. The second-order valence-electron chi connectivity index (χ2n) is 6.00. The fraction of sp³-hybridized carbons (Fsp3) is 0.150. The van der Waals surface area contributed by atoms with E-state index in [-0.39, 0.29) is 17.1 Å². The Labute approximate surface area is 162 Å². The smallest absolute Gasteiger partial charge is 0.387 e. The lowest BCUT2D eigenvalue weighted by molar-refractivity contribution is -0.119. The van der Waals surface area contributed by atoms with Crippen LogP contribution >= 0.6 is 0 Å². The average molecular weight is 403 g/mol. The molecule has 0 radical (unpaired) electrons. The van der Waals surface area contributed by atoms with Crippen LogP contribution in [0, 0.1) is 6.92 Å². The number of anilines is 1. The molecule has 1 heterocycles. The summed E-state index contributed by atoms with van der Waals surface area (Å²) in [6.45, 7) is -1.77. The van der Waals surface area contributed by atoms with E-state index < -0.39 is 30.5 Å². The van der Waals surface area contributed by atoms with Crippen LogP contribution in [0.3, 0.4) is 0 Å². The molecule has 29 heavy (non-hydrogen) atoms. The van der Waals surface area contributed by atoms with Gasteiger partial charge in [-0.3, -0.25) is 9.59 Å². The zero-order valence-corrected chi connectivity index (χ0v) is 15.1. The molecule has 1 amide bonds. The number of rotatable bonds is 6. The topological polar surface area (TPSA) is 94.8 Å². The summed E-state index contributed by atoms with van der Waals surface area (Å²) in [6, 6.07) is 11.1. The van der Waals surface area contributed by atoms with Gasteiger partial charge in [-0.25, -0.2) is 4.79 Å². The van der Waals surface area contributed by atoms with Crippen molar-refractivity contribution >= 4 is 28.5 Å². The van der Waals surface area contributed by atoms with Crippen LogP contribution in [0.15, 0.2) is 57.7 Å². The number of nitrogens with one attached hydrogen (secondary N) is 1. The summed E-state index contributed by atoms with van der Waals surface area (Å²) >= 11 is 0. The number of hydrogen-bond acceptors (Lipinski definition) is 6. The number of ether oxygens (including phenoxy) is 2. The van der Waals surface area contributed by atoms with E-state index in [2.05, 4.69) is 10.1 Å². The van der Waals surface area contributed by atoms with Crippen LogP contribution in [0.2, 0.25) is 0 Å². The number of benzene rings is 2. The maximum atomic E-state index is 12.1. The molecule has 3 aromatic rings. The van der Waals surface area contributed by atoms with E-state index in [0.717, 1.165) is 11.6 Å². The van der Waals surface area contributed by atoms with Gasteiger partial charge in [0.2, 0.25) is 5.76 Å². The molecular formula is C20H15F2NO6. The average Bonchev–Trinajstić information content (AvgIpc) is 2.67. The Hall–Kier alpha value is -3.75. The number of esters is 1. The number of hydrogen-bond donors (Lipinski definition) is 1. The Morgan fingerprint density at radius 1 is 1.10 bits per heavy atom. The molecule has 9 heteroatoms. The molecule has 0 saturated heterocycles. The minimum atomic E-state index is -2.95. The van der Waals surface area contributed by atoms with Crippen molar-refractivity contribution in [3.05, 3.63) is 70.1 Å². The second-order valence-corrected chi connectivity index (χ2v) is 6.00. The van der Waals surface area contributed by atoms with E-state index in [9.17, 15) is 23.2 Å². The standard InChI is InChI=1S/C20H15F2NO6/c1-11-2-7-16-14(8-11)15(24)9-17(29-16)19(26)27-10-18(25)23-12-3-5-13(6-4-12)28-20(21)22/h2-9,20H,10H2,1H3,(H,23,25). The van der Waals surface area contributed by atoms with E-state index in [1.54, 1.807) is 18.2 Å². The van der Waals surface area contributed by atoms with Crippen molar-refractivity contribution in [2.45, 2.75) is 13.5 Å². The van der Waals surface area contributed by atoms with Crippen LogP contribution in [0.25, 0.3) is 11.0 Å². The van der Waals surface area contributed by atoms with Crippen LogP contribution < -0.4 is 15.5 Å². The maximum absolute atomic E-state index is 12.1. The Bertz CT molecular complexity index is 1110. The third-order valence-corrected chi connectivity index (χ3v) is 3.78. The van der Waals surface area contributed by atoms with Crippen molar-refractivity contribution in [3.63, 3.8) is 0 Å². The summed E-state index contributed by atoms with van der Waals surface area (Å²) in [5, 5.41) is 2.76. The monoisotopic (exact) mass is 403 g/mol. The predicted molar refractivity (Wildman–Crippen MR) is 99.2 cm³/mol. The number of alkyl halides is 2. The van der Waals surface area contributed by atoms with Gasteiger partial charge in [-0.1, -0.05) is 11.6 Å². The van der Waals surface area contributed by atoms with E-state index in [1.807, 2.05) is 6.92 Å². The third-order valence-electron chi connectivity index (χ3n) is 3.78. The zero-order chi connectivity index (χ0) is 21.0. The predicted octanol–water partition coefficient (Wildman–Crippen LogP) is 3.50. The summed E-state index contributed by atoms with van der Waals surface area (Å²) in [6.07, 6.45) is 0. The second kappa shape index (κ2) is 8.51. The Balaban J connectivity index is 1.60.